The van der Waals surface area contributed by atoms with Crippen molar-refractivity contribution in [3.8, 4) is 6.07 Å². The predicted molar refractivity (Wildman–Crippen MR) is 72.2 cm³/mol. The van der Waals surface area contributed by atoms with Gasteiger partial charge in [-0.15, -0.1) is 0 Å². The molecule has 2 rings (SSSR count). The van der Waals surface area contributed by atoms with Crippen LogP contribution in [0.1, 0.15) is 19.8 Å². The van der Waals surface area contributed by atoms with Gasteiger partial charge in [-0.05, 0) is 25.7 Å². The Hall–Kier alpha value is -2.69. The van der Waals surface area contributed by atoms with Gasteiger partial charge in [0.1, 0.15) is 12.1 Å². The lowest BCUT2D eigenvalue weighted by atomic mass is 9.98. The highest BCUT2D eigenvalue weighted by atomic mass is 16.6. The van der Waals surface area contributed by atoms with E-state index in [1.54, 1.807) is 6.92 Å². The molecule has 1 aliphatic rings. The van der Waals surface area contributed by atoms with Crippen LogP contribution in [0.25, 0.3) is 0 Å². The summed E-state index contributed by atoms with van der Waals surface area (Å²) in [6.45, 7) is 1.28. The Morgan fingerprint density at radius 3 is 2.81 bits per heavy atom. The second-order valence-corrected chi connectivity index (χ2v) is 5.25. The Morgan fingerprint density at radius 1 is 1.62 bits per heavy atom. The fraction of sp³-hybridized carbons (Fsp3) is 0.462. The molecule has 1 fully saturated rings. The van der Waals surface area contributed by atoms with E-state index < -0.39 is 21.9 Å². The average molecular weight is 290 g/mol. The lowest BCUT2D eigenvalue weighted by Crippen LogP contribution is -2.48. The van der Waals surface area contributed by atoms with Crippen LogP contribution in [-0.2, 0) is 11.3 Å². The van der Waals surface area contributed by atoms with E-state index in [2.05, 4.69) is 11.4 Å². The SMILES string of the molecule is C[C@](C#N)(NC(=O)Cn1cc([N+](=O)[O-])ccc1=O)C1CC1. The largest absolute Gasteiger partial charge is 0.336 e. The van der Waals surface area contributed by atoms with Crippen LogP contribution in [0.4, 0.5) is 5.69 Å². The van der Waals surface area contributed by atoms with E-state index in [4.69, 9.17) is 5.26 Å². The summed E-state index contributed by atoms with van der Waals surface area (Å²) < 4.78 is 0.957. The smallest absolute Gasteiger partial charge is 0.285 e. The average Bonchev–Trinajstić information content (AvgIpc) is 3.25. The summed E-state index contributed by atoms with van der Waals surface area (Å²) in [6.07, 6.45) is 2.77. The van der Waals surface area contributed by atoms with Gasteiger partial charge in [0.2, 0.25) is 5.91 Å². The number of rotatable bonds is 5. The van der Waals surface area contributed by atoms with Gasteiger partial charge >= 0.3 is 0 Å². The first-order valence-electron chi connectivity index (χ1n) is 6.43. The highest BCUT2D eigenvalue weighted by molar-refractivity contribution is 5.77. The van der Waals surface area contributed by atoms with Gasteiger partial charge in [0, 0.05) is 12.1 Å². The molecule has 110 valence electrons. The van der Waals surface area contributed by atoms with Gasteiger partial charge in [-0.25, -0.2) is 0 Å². The first-order valence-corrected chi connectivity index (χ1v) is 6.43. The van der Waals surface area contributed by atoms with Crippen molar-refractivity contribution in [1.29, 1.82) is 5.26 Å². The van der Waals surface area contributed by atoms with Crippen molar-refractivity contribution in [2.45, 2.75) is 31.8 Å². The Morgan fingerprint density at radius 2 is 2.29 bits per heavy atom. The van der Waals surface area contributed by atoms with Gasteiger partial charge in [-0.1, -0.05) is 0 Å². The normalized spacial score (nSPS) is 16.6. The van der Waals surface area contributed by atoms with Crippen LogP contribution >= 0.6 is 0 Å². The topological polar surface area (TPSA) is 118 Å². The predicted octanol–water partition coefficient (Wildman–Crippen LogP) is 0.565. The minimum absolute atomic E-state index is 0.119. The van der Waals surface area contributed by atoms with E-state index in [-0.39, 0.29) is 18.2 Å². The van der Waals surface area contributed by atoms with Gasteiger partial charge in [-0.3, -0.25) is 24.3 Å². The quantitative estimate of drug-likeness (QED) is 0.628. The first-order chi connectivity index (χ1) is 9.85. The standard InChI is InChI=1S/C13H14N4O4/c1-13(8-14,9-2-3-9)15-11(18)7-16-6-10(17(20)21)4-5-12(16)19/h4-6,9H,2-3,7H2,1H3,(H,15,18)/t13-/m1/s1. The van der Waals surface area contributed by atoms with E-state index in [1.807, 2.05) is 0 Å². The summed E-state index contributed by atoms with van der Waals surface area (Å²) in [7, 11) is 0. The maximum atomic E-state index is 12.0. The number of nitro groups is 1. The third-order valence-corrected chi connectivity index (χ3v) is 3.52. The van der Waals surface area contributed by atoms with Crippen LogP contribution in [0, 0.1) is 27.4 Å². The Bertz CT molecular complexity index is 686. The van der Waals surface area contributed by atoms with Crippen LogP contribution in [0.5, 0.6) is 0 Å². The molecule has 8 nitrogen and oxygen atoms in total. The number of pyridine rings is 1. The molecular weight excluding hydrogens is 276 g/mol. The van der Waals surface area contributed by atoms with Gasteiger partial charge in [0.25, 0.3) is 11.2 Å². The number of hydrogen-bond donors (Lipinski definition) is 1. The first kappa shape index (κ1) is 14.7. The Balaban J connectivity index is 2.13. The zero-order chi connectivity index (χ0) is 15.6. The van der Waals surface area contributed by atoms with E-state index in [9.17, 15) is 19.7 Å². The summed E-state index contributed by atoms with van der Waals surface area (Å²) in [4.78, 5) is 33.6. The number of carbonyl (C=O) groups excluding carboxylic acids is 1. The number of aromatic nitrogens is 1. The molecule has 1 heterocycles. The number of nitrogens with one attached hydrogen (secondary N) is 1. The summed E-state index contributed by atoms with van der Waals surface area (Å²) in [5.74, 6) is -0.401. The zero-order valence-corrected chi connectivity index (χ0v) is 11.4. The maximum Gasteiger partial charge on any atom is 0.285 e. The van der Waals surface area contributed by atoms with Gasteiger partial charge < -0.3 is 5.32 Å². The van der Waals surface area contributed by atoms with E-state index in [0.29, 0.717) is 0 Å². The van der Waals surface area contributed by atoms with Crippen molar-refractivity contribution >= 4 is 11.6 Å². The highest BCUT2D eigenvalue weighted by Crippen LogP contribution is 2.39. The van der Waals surface area contributed by atoms with Crippen LogP contribution in [0.3, 0.4) is 0 Å². The van der Waals surface area contributed by atoms with Gasteiger partial charge in [0.05, 0.1) is 17.2 Å². The fourth-order valence-electron chi connectivity index (χ4n) is 2.12. The van der Waals surface area contributed by atoms with E-state index in [1.165, 1.54) is 0 Å². The molecule has 0 saturated heterocycles. The van der Waals surface area contributed by atoms with Crippen LogP contribution in [-0.4, -0.2) is 20.9 Å². The van der Waals surface area contributed by atoms with Crippen LogP contribution in [0.15, 0.2) is 23.1 Å². The third-order valence-electron chi connectivity index (χ3n) is 3.52. The minimum Gasteiger partial charge on any atom is -0.336 e. The van der Waals surface area contributed by atoms with Crippen molar-refractivity contribution in [3.63, 3.8) is 0 Å². The summed E-state index contributed by atoms with van der Waals surface area (Å²) in [5.41, 5.74) is -1.74. The number of amides is 1. The molecule has 0 spiro atoms. The molecule has 0 aromatic carbocycles. The van der Waals surface area contributed by atoms with Crippen molar-refractivity contribution in [1.82, 2.24) is 9.88 Å². The molecule has 1 aliphatic carbocycles. The van der Waals surface area contributed by atoms with Crippen LogP contribution in [0.2, 0.25) is 0 Å². The molecule has 1 amide bonds. The van der Waals surface area contributed by atoms with E-state index in [0.717, 1.165) is 35.7 Å². The van der Waals surface area contributed by atoms with Crippen molar-refractivity contribution in [3.05, 3.63) is 38.8 Å². The van der Waals surface area contributed by atoms with Crippen molar-refractivity contribution < 1.29 is 9.72 Å². The van der Waals surface area contributed by atoms with Gasteiger partial charge in [0.15, 0.2) is 0 Å². The molecule has 0 bridgehead atoms. The summed E-state index contributed by atoms with van der Waals surface area (Å²) in [5, 5.41) is 22.4. The summed E-state index contributed by atoms with van der Waals surface area (Å²) in [6, 6.07) is 4.19. The lowest BCUT2D eigenvalue weighted by molar-refractivity contribution is -0.385. The molecule has 0 unspecified atom stereocenters. The van der Waals surface area contributed by atoms with E-state index >= 15 is 0 Å². The maximum absolute atomic E-state index is 12.0. The number of hydrogen-bond acceptors (Lipinski definition) is 5. The Labute approximate surface area is 120 Å². The number of nitriles is 1. The van der Waals surface area contributed by atoms with Gasteiger partial charge in [-0.2, -0.15) is 5.26 Å². The zero-order valence-electron chi connectivity index (χ0n) is 11.4. The number of carbonyl (C=O) groups is 1. The molecule has 1 aromatic rings. The third kappa shape index (κ3) is 3.25. The molecule has 21 heavy (non-hydrogen) atoms. The summed E-state index contributed by atoms with van der Waals surface area (Å²) >= 11 is 0. The molecule has 1 aromatic heterocycles. The fourth-order valence-corrected chi connectivity index (χ4v) is 2.12. The lowest BCUT2D eigenvalue weighted by Gasteiger charge is -2.22. The molecule has 0 radical (unpaired) electrons. The second kappa shape index (κ2) is 5.36. The van der Waals surface area contributed by atoms with Crippen molar-refractivity contribution in [2.24, 2.45) is 5.92 Å². The molecule has 8 heteroatoms. The van der Waals surface area contributed by atoms with Crippen molar-refractivity contribution in [2.75, 3.05) is 0 Å². The molecular formula is C13H14N4O4. The molecule has 1 saturated carbocycles. The second-order valence-electron chi connectivity index (χ2n) is 5.25. The molecule has 1 N–H and O–H groups in total. The van der Waals surface area contributed by atoms with Crippen LogP contribution < -0.4 is 10.9 Å². The number of nitrogens with zero attached hydrogens (tertiary/aromatic N) is 3. The monoisotopic (exact) mass is 290 g/mol. The Kier molecular flexibility index (Phi) is 3.76. The minimum atomic E-state index is -0.957. The molecule has 1 atom stereocenters. The highest BCUT2D eigenvalue weighted by Gasteiger charge is 2.43. The molecule has 0 aliphatic heterocycles.